The van der Waals surface area contributed by atoms with Crippen LogP contribution in [0.5, 0.6) is 0 Å². The highest BCUT2D eigenvalue weighted by Gasteiger charge is 2.49. The number of nitrogens with zero attached hydrogens (tertiary/aromatic N) is 5. The standard InChI is InChI=1S/C26H33N3O6.C22H20N2O5.C21H25N3O4.ClH/c1-26(2,3)35-25(34)28-14-13-16(15-28)7-4-5-8-17-9-6-10-18-21(17)24(33)29(23(18)32)19-11-12-20(30)27-22(19)31;25-16-9-11-24(18(26)12-16)20-21(27)17-7-3-6-15(19(17)22(20)28)5-2-1-4-14-8-10-23(29)13-14;25-17-9-8-16(19(26)23-17)24-20(27)15-7-3-6-14(18(15)21(24)28)5-2-1-4-13-10-11-22-12-13;/h6,9-10,16,19H,4-5,7-8,11-15H2,1-3H3,(H,27,30,31);1,3-4,6-7,14,20,29H,8-13H2;3,6-7,13,16,22H,1-2,4-5,8-12H2,(H,23,25,26);1H/b;4-1+;;. The molecule has 8 aliphatic heterocycles. The molecule has 0 spiro atoms. The molecule has 3 aromatic carbocycles. The number of carbonyl (C=O) groups is 13. The summed E-state index contributed by atoms with van der Waals surface area (Å²) in [4.78, 5) is 166. The van der Waals surface area contributed by atoms with Crippen LogP contribution in [-0.4, -0.2) is 176 Å². The van der Waals surface area contributed by atoms with E-state index in [0.717, 1.165) is 91.3 Å². The van der Waals surface area contributed by atoms with Gasteiger partial charge in [0.2, 0.25) is 29.5 Å². The lowest BCUT2D eigenvalue weighted by atomic mass is 9.95. The van der Waals surface area contributed by atoms with Crippen LogP contribution < -0.4 is 16.0 Å². The number of amides is 10. The minimum Gasteiger partial charge on any atom is -0.444 e. The molecule has 6 unspecified atom stereocenters. The third-order valence-electron chi connectivity index (χ3n) is 18.4. The maximum atomic E-state index is 13.2. The average molecular weight is 1300 g/mol. The van der Waals surface area contributed by atoms with Gasteiger partial charge in [-0.25, -0.2) is 4.79 Å². The van der Waals surface area contributed by atoms with E-state index >= 15 is 0 Å². The van der Waals surface area contributed by atoms with Crippen LogP contribution in [0.25, 0.3) is 0 Å². The van der Waals surface area contributed by atoms with Crippen molar-refractivity contribution in [3.63, 3.8) is 0 Å². The summed E-state index contributed by atoms with van der Waals surface area (Å²) >= 11 is 0. The van der Waals surface area contributed by atoms with Crippen LogP contribution >= 0.6 is 12.4 Å². The van der Waals surface area contributed by atoms with E-state index in [4.69, 9.17) is 4.74 Å². The number of imide groups is 4. The fraction of sp³-hybridized carbons (Fsp3) is 0.493. The molecule has 0 radical (unpaired) electrons. The predicted molar refractivity (Wildman–Crippen MR) is 338 cm³/mol. The largest absolute Gasteiger partial charge is 0.444 e. The molecule has 492 valence electrons. The van der Waals surface area contributed by atoms with Crippen LogP contribution in [0, 0.1) is 29.6 Å². The number of hydrogen-bond acceptors (Lipinski definition) is 17. The number of carbonyl (C=O) groups excluding carboxylic acids is 13. The van der Waals surface area contributed by atoms with E-state index in [9.17, 15) is 67.5 Å². The molecule has 23 nitrogen and oxygen atoms in total. The molecular formula is C69H79ClN8O15. The van der Waals surface area contributed by atoms with Gasteiger partial charge in [-0.05, 0) is 158 Å². The Hall–Kier alpha value is -8.56. The molecule has 24 heteroatoms. The summed E-state index contributed by atoms with van der Waals surface area (Å²) < 4.78 is 5.46. The maximum Gasteiger partial charge on any atom is 0.410 e. The number of piperidine rings is 3. The van der Waals surface area contributed by atoms with E-state index in [1.54, 1.807) is 53.4 Å². The number of benzene rings is 3. The van der Waals surface area contributed by atoms with E-state index in [0.29, 0.717) is 66.3 Å². The van der Waals surface area contributed by atoms with Gasteiger partial charge in [0.15, 0.2) is 17.6 Å². The molecule has 0 bridgehead atoms. The first-order valence-electron chi connectivity index (χ1n) is 32.1. The number of unbranched alkanes of at least 4 members (excludes halogenated alkanes) is 2. The number of nitrogens with one attached hydrogen (secondary N) is 3. The normalized spacial score (nSPS) is 23.7. The summed E-state index contributed by atoms with van der Waals surface area (Å²) in [5.41, 5.74) is 3.63. The van der Waals surface area contributed by atoms with Crippen molar-refractivity contribution in [2.75, 3.05) is 45.8 Å². The number of allylic oxidation sites excluding steroid dienone is 1. The van der Waals surface area contributed by atoms with E-state index in [2.05, 4.69) is 27.8 Å². The summed E-state index contributed by atoms with van der Waals surface area (Å²) in [6.45, 7) is 10.5. The second-order valence-electron chi connectivity index (χ2n) is 26.0. The fourth-order valence-corrected chi connectivity index (χ4v) is 13.6. The van der Waals surface area contributed by atoms with Crippen molar-refractivity contribution >= 4 is 89.0 Å². The summed E-state index contributed by atoms with van der Waals surface area (Å²) in [5.74, 6) is 2.01. The second kappa shape index (κ2) is 30.0. The van der Waals surface area contributed by atoms with Gasteiger partial charge >= 0.3 is 6.09 Å². The number of hydroxylamine groups is 2. The first kappa shape index (κ1) is 68.8. The summed E-state index contributed by atoms with van der Waals surface area (Å²) in [7, 11) is 0. The number of rotatable bonds is 14. The zero-order chi connectivity index (χ0) is 65.5. The zero-order valence-corrected chi connectivity index (χ0v) is 53.4. The van der Waals surface area contributed by atoms with Gasteiger partial charge in [0.1, 0.15) is 23.5 Å². The van der Waals surface area contributed by atoms with Crippen molar-refractivity contribution in [3.8, 4) is 11.8 Å². The molecule has 12 rings (SSSR count). The first-order chi connectivity index (χ1) is 44.1. The third kappa shape index (κ3) is 15.8. The van der Waals surface area contributed by atoms with Gasteiger partial charge in [-0.2, -0.15) is 5.06 Å². The van der Waals surface area contributed by atoms with Crippen LogP contribution in [0.2, 0.25) is 0 Å². The number of aryl methyl sites for hydroxylation is 2. The van der Waals surface area contributed by atoms with Gasteiger partial charge in [0, 0.05) is 68.7 Å². The molecule has 9 aliphatic rings. The quantitative estimate of drug-likeness (QED) is 0.0610. The number of halogens is 1. The van der Waals surface area contributed by atoms with Crippen molar-refractivity contribution in [3.05, 3.63) is 117 Å². The van der Waals surface area contributed by atoms with Crippen molar-refractivity contribution in [1.29, 1.82) is 0 Å². The molecule has 6 atom stereocenters. The van der Waals surface area contributed by atoms with Gasteiger partial charge in [-0.3, -0.25) is 78.0 Å². The van der Waals surface area contributed by atoms with Gasteiger partial charge in [-0.1, -0.05) is 67.2 Å². The fourth-order valence-electron chi connectivity index (χ4n) is 13.6. The SMILES string of the molecule is CC(C)(C)OC(=O)N1CCC(CCCCc2cccc3c2C(=O)N(C2CCC(=O)NC2=O)C3=O)C1.Cl.O=C1CCC(N2C(=O)c3cccc(CCCCC4CCNC4)c3C2=O)C(=O)N1.O=C1CCN(C2C(=O)c3cccc(C#C/C=C/C4CCN(O)C4)c3C2=O)C(=O)C1. The Morgan fingerprint density at radius 1 is 0.634 bits per heavy atom. The van der Waals surface area contributed by atoms with E-state index in [1.165, 1.54) is 22.8 Å². The minimum absolute atomic E-state index is 0. The molecule has 6 fully saturated rings. The highest BCUT2D eigenvalue weighted by molar-refractivity contribution is 6.31. The van der Waals surface area contributed by atoms with Gasteiger partial charge in [-0.15, -0.1) is 12.4 Å². The predicted octanol–water partition coefficient (Wildman–Crippen LogP) is 6.13. The average Bonchev–Trinajstić information content (AvgIpc) is 1.63. The summed E-state index contributed by atoms with van der Waals surface area (Å²) in [6.07, 6.45) is 14.2. The molecule has 6 saturated heterocycles. The molecule has 4 N–H and O–H groups in total. The van der Waals surface area contributed by atoms with Gasteiger partial charge in [0.25, 0.3) is 23.6 Å². The highest BCUT2D eigenvalue weighted by Crippen LogP contribution is 2.35. The van der Waals surface area contributed by atoms with Crippen LogP contribution in [-0.2, 0) is 46.3 Å². The molecule has 1 aliphatic carbocycles. The third-order valence-corrected chi connectivity index (χ3v) is 18.4. The number of ether oxygens (including phenoxy) is 1. The number of Topliss-reactive ketones (excluding diaryl/α,β-unsaturated/α-hetero) is 3. The van der Waals surface area contributed by atoms with Crippen molar-refractivity contribution in [2.45, 2.75) is 154 Å². The first-order valence-corrected chi connectivity index (χ1v) is 32.1. The van der Waals surface area contributed by atoms with Gasteiger partial charge < -0.3 is 25.1 Å². The maximum absolute atomic E-state index is 13.2. The van der Waals surface area contributed by atoms with E-state index in [1.807, 2.05) is 39.0 Å². The van der Waals surface area contributed by atoms with Crippen molar-refractivity contribution in [1.82, 2.24) is 40.6 Å². The lowest BCUT2D eigenvalue weighted by Crippen LogP contribution is -2.54. The molecule has 0 saturated carbocycles. The molecule has 0 aromatic heterocycles. The smallest absolute Gasteiger partial charge is 0.410 e. The lowest BCUT2D eigenvalue weighted by molar-refractivity contribution is -0.140. The van der Waals surface area contributed by atoms with Gasteiger partial charge in [0.05, 0.1) is 28.7 Å². The van der Waals surface area contributed by atoms with Crippen molar-refractivity contribution < 1.29 is 72.3 Å². The molecule has 3 aromatic rings. The molecule has 93 heavy (non-hydrogen) atoms. The number of ketones is 3. The molecule has 8 heterocycles. The summed E-state index contributed by atoms with van der Waals surface area (Å²) in [6, 6.07) is 12.5. The topological polar surface area (TPSA) is 304 Å². The van der Waals surface area contributed by atoms with Crippen LogP contribution in [0.4, 0.5) is 4.79 Å². The Morgan fingerprint density at radius 2 is 1.22 bits per heavy atom. The Kier molecular flexibility index (Phi) is 22.2. The van der Waals surface area contributed by atoms with Crippen LogP contribution in [0.3, 0.4) is 0 Å². The number of hydrogen-bond donors (Lipinski definition) is 4. The zero-order valence-electron chi connectivity index (χ0n) is 52.6. The van der Waals surface area contributed by atoms with Crippen LogP contribution in [0.15, 0.2) is 66.7 Å². The number of fused-ring (bicyclic) bond motifs is 3. The lowest BCUT2D eigenvalue weighted by Gasteiger charge is -2.29. The van der Waals surface area contributed by atoms with Crippen LogP contribution in [0.1, 0.15) is 196 Å². The Morgan fingerprint density at radius 3 is 1.75 bits per heavy atom. The monoisotopic (exact) mass is 1290 g/mol. The highest BCUT2D eigenvalue weighted by atomic mass is 35.5. The molecule has 10 amide bonds. The summed E-state index contributed by atoms with van der Waals surface area (Å²) in [5, 5.41) is 18.5. The minimum atomic E-state index is -1.20. The van der Waals surface area contributed by atoms with E-state index < -0.39 is 76.6 Å². The van der Waals surface area contributed by atoms with Crippen molar-refractivity contribution in [2.24, 2.45) is 17.8 Å². The van der Waals surface area contributed by atoms with E-state index in [-0.39, 0.29) is 98.2 Å². The Labute approximate surface area is 545 Å². The number of likely N-dealkylation sites (tertiary alicyclic amines) is 2. The second-order valence-corrected chi connectivity index (χ2v) is 26.0. The molecular weight excluding hydrogens is 1220 g/mol. The Bertz CT molecular complexity index is 3630. The Balaban J connectivity index is 0.000000165.